The van der Waals surface area contributed by atoms with Gasteiger partial charge >= 0.3 is 6.03 Å². The van der Waals surface area contributed by atoms with Gasteiger partial charge in [0, 0.05) is 17.1 Å². The van der Waals surface area contributed by atoms with Gasteiger partial charge in [-0.3, -0.25) is 9.69 Å². The topological polar surface area (TPSA) is 67.9 Å². The fourth-order valence-electron chi connectivity index (χ4n) is 3.00. The molecule has 3 amide bonds. The predicted octanol–water partition coefficient (Wildman–Crippen LogP) is 5.38. The number of hydrogen-bond donors (Lipinski definition) is 1. The van der Waals surface area contributed by atoms with Crippen molar-refractivity contribution in [1.29, 1.82) is 0 Å². The maximum atomic E-state index is 12.5. The number of urea groups is 1. The molecule has 0 saturated carbocycles. The molecular weight excluding hydrogens is 472 g/mol. The smallest absolute Gasteiger partial charge is 0.329 e. The Kier molecular flexibility index (Phi) is 7.39. The predicted molar refractivity (Wildman–Crippen MR) is 120 cm³/mol. The first-order valence-corrected chi connectivity index (χ1v) is 10.8. The van der Waals surface area contributed by atoms with Gasteiger partial charge in [-0.05, 0) is 59.1 Å². The van der Waals surface area contributed by atoms with Gasteiger partial charge in [0.05, 0.1) is 11.1 Å². The van der Waals surface area contributed by atoms with Gasteiger partial charge in [-0.25, -0.2) is 4.79 Å². The molecule has 6 nitrogen and oxygen atoms in total. The van der Waals surface area contributed by atoms with E-state index in [0.717, 1.165) is 5.56 Å². The van der Waals surface area contributed by atoms with E-state index in [1.54, 1.807) is 18.2 Å². The third-order valence-electron chi connectivity index (χ3n) is 4.38. The van der Waals surface area contributed by atoms with Crippen LogP contribution in [-0.4, -0.2) is 30.0 Å². The molecule has 30 heavy (non-hydrogen) atoms. The summed E-state index contributed by atoms with van der Waals surface area (Å²) >= 11 is 9.73. The van der Waals surface area contributed by atoms with Gasteiger partial charge in [0.25, 0.3) is 5.91 Å². The quantitative estimate of drug-likeness (QED) is 0.396. The van der Waals surface area contributed by atoms with Crippen LogP contribution in [0.3, 0.4) is 0 Å². The number of carbonyl (C=O) groups is 2. The number of imide groups is 1. The van der Waals surface area contributed by atoms with Gasteiger partial charge in [-0.2, -0.15) is 0 Å². The van der Waals surface area contributed by atoms with Crippen molar-refractivity contribution in [3.63, 3.8) is 0 Å². The lowest BCUT2D eigenvalue weighted by Crippen LogP contribution is -2.31. The van der Waals surface area contributed by atoms with Crippen LogP contribution in [0.4, 0.5) is 4.79 Å². The van der Waals surface area contributed by atoms with Crippen LogP contribution in [0.15, 0.2) is 46.6 Å². The summed E-state index contributed by atoms with van der Waals surface area (Å²) in [5.74, 6) is 0.719. The number of hydrogen-bond acceptors (Lipinski definition) is 4. The van der Waals surface area contributed by atoms with Gasteiger partial charge in [0.15, 0.2) is 11.5 Å². The maximum absolute atomic E-state index is 12.5. The van der Waals surface area contributed by atoms with E-state index in [-0.39, 0.29) is 18.2 Å². The normalized spacial score (nSPS) is 14.9. The second-order valence-electron chi connectivity index (χ2n) is 6.59. The minimum absolute atomic E-state index is 0.229. The molecule has 0 unspecified atom stereocenters. The average Bonchev–Trinajstić information content (AvgIpc) is 2.96. The van der Waals surface area contributed by atoms with Gasteiger partial charge in [0.1, 0.15) is 12.3 Å². The summed E-state index contributed by atoms with van der Waals surface area (Å²) < 4.78 is 12.4. The standard InChI is InChI=1S/C22H22BrClN2O4/c1-3-9-26-21(27)18(25-22(26)28)11-14-10-16(23)20(19(12-14)29-4-2)30-13-15-7-5-6-8-17(15)24/h5-8,10-12H,3-4,9,13H2,1-2H3,(H,25,28)/b18-11+. The van der Waals surface area contributed by atoms with Crippen LogP contribution >= 0.6 is 27.5 Å². The molecule has 2 aromatic rings. The minimum Gasteiger partial charge on any atom is -0.490 e. The first-order valence-electron chi connectivity index (χ1n) is 9.61. The summed E-state index contributed by atoms with van der Waals surface area (Å²) in [6.45, 7) is 4.88. The number of nitrogens with zero attached hydrogens (tertiary/aromatic N) is 1. The van der Waals surface area contributed by atoms with Crippen LogP contribution in [0.1, 0.15) is 31.4 Å². The van der Waals surface area contributed by atoms with Crippen molar-refractivity contribution < 1.29 is 19.1 Å². The highest BCUT2D eigenvalue weighted by molar-refractivity contribution is 9.10. The first-order chi connectivity index (χ1) is 14.4. The number of benzene rings is 2. The summed E-state index contributed by atoms with van der Waals surface area (Å²) in [5, 5.41) is 3.25. The van der Waals surface area contributed by atoms with E-state index in [0.29, 0.717) is 46.1 Å². The van der Waals surface area contributed by atoms with E-state index in [4.69, 9.17) is 21.1 Å². The zero-order valence-corrected chi connectivity index (χ0v) is 19.0. The zero-order valence-electron chi connectivity index (χ0n) is 16.7. The van der Waals surface area contributed by atoms with Gasteiger partial charge in [-0.15, -0.1) is 0 Å². The van der Waals surface area contributed by atoms with Crippen molar-refractivity contribution in [3.8, 4) is 11.5 Å². The molecule has 0 aromatic heterocycles. The molecule has 3 rings (SSSR count). The van der Waals surface area contributed by atoms with Crippen LogP contribution in [0, 0.1) is 0 Å². The van der Waals surface area contributed by atoms with Crippen molar-refractivity contribution in [3.05, 3.63) is 62.7 Å². The average molecular weight is 494 g/mol. The Labute approximate surface area is 188 Å². The van der Waals surface area contributed by atoms with Gasteiger partial charge in [0.2, 0.25) is 0 Å². The molecular formula is C22H22BrClN2O4. The van der Waals surface area contributed by atoms with Crippen molar-refractivity contribution in [2.45, 2.75) is 26.9 Å². The Bertz CT molecular complexity index is 993. The Morgan fingerprint density at radius 2 is 1.93 bits per heavy atom. The molecule has 1 heterocycles. The highest BCUT2D eigenvalue weighted by Gasteiger charge is 2.32. The van der Waals surface area contributed by atoms with E-state index in [1.165, 1.54) is 4.90 Å². The lowest BCUT2D eigenvalue weighted by atomic mass is 10.1. The van der Waals surface area contributed by atoms with Crippen LogP contribution in [0.2, 0.25) is 5.02 Å². The maximum Gasteiger partial charge on any atom is 0.329 e. The van der Waals surface area contributed by atoms with E-state index in [9.17, 15) is 9.59 Å². The first kappa shape index (κ1) is 22.2. The Morgan fingerprint density at radius 1 is 1.17 bits per heavy atom. The molecule has 0 aliphatic carbocycles. The number of halogens is 2. The lowest BCUT2D eigenvalue weighted by Gasteiger charge is -2.15. The van der Waals surface area contributed by atoms with E-state index in [1.807, 2.05) is 38.1 Å². The van der Waals surface area contributed by atoms with Crippen molar-refractivity contribution in [2.75, 3.05) is 13.2 Å². The summed E-state index contributed by atoms with van der Waals surface area (Å²) in [6, 6.07) is 10.6. The molecule has 0 spiro atoms. The highest BCUT2D eigenvalue weighted by atomic mass is 79.9. The second-order valence-corrected chi connectivity index (χ2v) is 7.85. The Hall–Kier alpha value is -2.51. The van der Waals surface area contributed by atoms with E-state index in [2.05, 4.69) is 21.2 Å². The molecule has 158 valence electrons. The van der Waals surface area contributed by atoms with Crippen molar-refractivity contribution in [1.82, 2.24) is 10.2 Å². The van der Waals surface area contributed by atoms with Gasteiger partial charge in [-0.1, -0.05) is 36.7 Å². The molecule has 1 saturated heterocycles. The number of ether oxygens (including phenoxy) is 2. The third-order valence-corrected chi connectivity index (χ3v) is 5.34. The summed E-state index contributed by atoms with van der Waals surface area (Å²) in [7, 11) is 0. The Balaban J connectivity index is 1.87. The number of rotatable bonds is 8. The lowest BCUT2D eigenvalue weighted by molar-refractivity contribution is -0.122. The van der Waals surface area contributed by atoms with Crippen LogP contribution in [0.25, 0.3) is 6.08 Å². The van der Waals surface area contributed by atoms with Crippen LogP contribution in [-0.2, 0) is 11.4 Å². The molecule has 1 aliphatic rings. The SMILES string of the molecule is CCCN1C(=O)N/C(=C/c2cc(Br)c(OCc3ccccc3Cl)c(OCC)c2)C1=O. The molecule has 0 bridgehead atoms. The van der Waals surface area contributed by atoms with Crippen LogP contribution < -0.4 is 14.8 Å². The molecule has 8 heteroatoms. The van der Waals surface area contributed by atoms with E-state index < -0.39 is 6.03 Å². The van der Waals surface area contributed by atoms with Gasteiger partial charge < -0.3 is 14.8 Å². The molecule has 1 aliphatic heterocycles. The fourth-order valence-corrected chi connectivity index (χ4v) is 3.77. The number of nitrogens with one attached hydrogen (secondary N) is 1. The van der Waals surface area contributed by atoms with Crippen molar-refractivity contribution in [2.24, 2.45) is 0 Å². The molecule has 1 N–H and O–H groups in total. The largest absolute Gasteiger partial charge is 0.490 e. The minimum atomic E-state index is -0.406. The molecule has 0 radical (unpaired) electrons. The zero-order chi connectivity index (χ0) is 21.7. The van der Waals surface area contributed by atoms with Crippen LogP contribution in [0.5, 0.6) is 11.5 Å². The molecule has 1 fully saturated rings. The third kappa shape index (κ3) is 4.96. The number of amides is 3. The summed E-state index contributed by atoms with van der Waals surface area (Å²) in [4.78, 5) is 25.7. The fraction of sp³-hybridized carbons (Fsp3) is 0.273. The summed E-state index contributed by atoms with van der Waals surface area (Å²) in [6.07, 6.45) is 2.32. The Morgan fingerprint density at radius 3 is 2.63 bits per heavy atom. The number of carbonyl (C=O) groups excluding carboxylic acids is 2. The summed E-state index contributed by atoms with van der Waals surface area (Å²) in [5.41, 5.74) is 1.78. The van der Waals surface area contributed by atoms with Crippen molar-refractivity contribution >= 4 is 45.5 Å². The second kappa shape index (κ2) is 10.00. The monoisotopic (exact) mass is 492 g/mol. The van der Waals surface area contributed by atoms with E-state index >= 15 is 0 Å². The molecule has 0 atom stereocenters. The highest BCUT2D eigenvalue weighted by Crippen LogP contribution is 2.38. The molecule has 2 aromatic carbocycles.